The van der Waals surface area contributed by atoms with Gasteiger partial charge < -0.3 is 0 Å². The van der Waals surface area contributed by atoms with Gasteiger partial charge in [0.05, 0.1) is 6.54 Å². The molecule has 1 fully saturated rings. The molecule has 0 aromatic rings. The first kappa shape index (κ1) is 15.6. The monoisotopic (exact) mass is 276 g/mol. The molecule has 18 heavy (non-hydrogen) atoms. The molecule has 1 heterocycles. The third kappa shape index (κ3) is 4.03. The molecule has 0 spiro atoms. The van der Waals surface area contributed by atoms with Crippen LogP contribution < -0.4 is 4.72 Å². The van der Waals surface area contributed by atoms with E-state index in [1.54, 1.807) is 20.8 Å². The maximum absolute atomic E-state index is 12.1. The van der Waals surface area contributed by atoms with E-state index in [1.165, 1.54) is 4.31 Å². The van der Waals surface area contributed by atoms with Crippen molar-refractivity contribution in [1.29, 1.82) is 0 Å². The fourth-order valence-corrected chi connectivity index (χ4v) is 3.36. The van der Waals surface area contributed by atoms with Crippen LogP contribution in [0.25, 0.3) is 0 Å². The van der Waals surface area contributed by atoms with E-state index in [1.807, 2.05) is 6.92 Å². The highest BCUT2D eigenvalue weighted by molar-refractivity contribution is 7.87. The zero-order valence-corrected chi connectivity index (χ0v) is 12.5. The van der Waals surface area contributed by atoms with Gasteiger partial charge in [-0.3, -0.25) is 4.79 Å². The second kappa shape index (κ2) is 5.67. The molecule has 0 aromatic heterocycles. The summed E-state index contributed by atoms with van der Waals surface area (Å²) in [6, 6.07) is 0.0148. The van der Waals surface area contributed by atoms with Crippen LogP contribution in [-0.2, 0) is 15.0 Å². The van der Waals surface area contributed by atoms with Gasteiger partial charge in [0, 0.05) is 18.0 Å². The molecule has 0 bridgehead atoms. The standard InChI is InChI=1S/C12H24N2O3S/c1-10-7-5-6-8-14(10)18(16,17)13-9-11(15)12(2,3)4/h10,13H,5-9H2,1-4H3. The van der Waals surface area contributed by atoms with E-state index in [4.69, 9.17) is 0 Å². The second-order valence-corrected chi connectivity index (χ2v) is 7.66. The van der Waals surface area contributed by atoms with Gasteiger partial charge in [-0.15, -0.1) is 0 Å². The van der Waals surface area contributed by atoms with Crippen LogP contribution in [0.15, 0.2) is 0 Å². The van der Waals surface area contributed by atoms with Crippen LogP contribution in [0.3, 0.4) is 0 Å². The lowest BCUT2D eigenvalue weighted by atomic mass is 9.91. The van der Waals surface area contributed by atoms with Crippen LogP contribution in [0.5, 0.6) is 0 Å². The molecule has 0 saturated carbocycles. The highest BCUT2D eigenvalue weighted by atomic mass is 32.2. The molecular formula is C12H24N2O3S. The van der Waals surface area contributed by atoms with Gasteiger partial charge in [-0.05, 0) is 19.8 Å². The summed E-state index contributed by atoms with van der Waals surface area (Å²) in [7, 11) is -3.53. The molecule has 1 rings (SSSR count). The number of ketones is 1. The molecule has 106 valence electrons. The number of rotatable bonds is 4. The third-order valence-corrected chi connectivity index (χ3v) is 4.97. The van der Waals surface area contributed by atoms with Gasteiger partial charge in [0.15, 0.2) is 5.78 Å². The van der Waals surface area contributed by atoms with E-state index in [-0.39, 0.29) is 18.4 Å². The Hall–Kier alpha value is -0.460. The quantitative estimate of drug-likeness (QED) is 0.842. The van der Waals surface area contributed by atoms with Gasteiger partial charge in [0.1, 0.15) is 0 Å². The van der Waals surface area contributed by atoms with E-state index in [9.17, 15) is 13.2 Å². The van der Waals surface area contributed by atoms with Gasteiger partial charge in [0.25, 0.3) is 10.2 Å². The fraction of sp³-hybridized carbons (Fsp3) is 0.917. The van der Waals surface area contributed by atoms with Crippen molar-refractivity contribution in [3.63, 3.8) is 0 Å². The van der Waals surface area contributed by atoms with Gasteiger partial charge in [0.2, 0.25) is 0 Å². The van der Waals surface area contributed by atoms with E-state index >= 15 is 0 Å². The van der Waals surface area contributed by atoms with Crippen LogP contribution in [0.1, 0.15) is 47.0 Å². The molecule has 1 N–H and O–H groups in total. The van der Waals surface area contributed by atoms with Crippen molar-refractivity contribution in [3.05, 3.63) is 0 Å². The summed E-state index contributed by atoms with van der Waals surface area (Å²) >= 11 is 0. The molecule has 0 amide bonds. The van der Waals surface area contributed by atoms with Gasteiger partial charge in [-0.25, -0.2) is 0 Å². The maximum Gasteiger partial charge on any atom is 0.280 e. The topological polar surface area (TPSA) is 66.5 Å². The van der Waals surface area contributed by atoms with E-state index in [2.05, 4.69) is 4.72 Å². The van der Waals surface area contributed by atoms with Crippen LogP contribution in [0.4, 0.5) is 0 Å². The van der Waals surface area contributed by atoms with E-state index in [0.717, 1.165) is 19.3 Å². The average molecular weight is 276 g/mol. The minimum atomic E-state index is -3.53. The highest BCUT2D eigenvalue weighted by Gasteiger charge is 2.30. The summed E-state index contributed by atoms with van der Waals surface area (Å²) in [5.74, 6) is -0.101. The Morgan fingerprint density at radius 2 is 1.94 bits per heavy atom. The smallest absolute Gasteiger partial charge is 0.280 e. The zero-order valence-electron chi connectivity index (χ0n) is 11.7. The van der Waals surface area contributed by atoms with Gasteiger partial charge >= 0.3 is 0 Å². The van der Waals surface area contributed by atoms with Crippen LogP contribution >= 0.6 is 0 Å². The van der Waals surface area contributed by atoms with Crippen molar-refractivity contribution >= 4 is 16.0 Å². The molecule has 0 aromatic carbocycles. The van der Waals surface area contributed by atoms with Crippen molar-refractivity contribution < 1.29 is 13.2 Å². The second-order valence-electron chi connectivity index (χ2n) is 5.95. The number of nitrogens with zero attached hydrogens (tertiary/aromatic N) is 1. The Balaban J connectivity index is 2.62. The summed E-state index contributed by atoms with van der Waals surface area (Å²) in [5, 5.41) is 0. The lowest BCUT2D eigenvalue weighted by Gasteiger charge is -2.32. The molecule has 5 nitrogen and oxygen atoms in total. The normalized spacial score (nSPS) is 23.0. The first-order valence-corrected chi connectivity index (χ1v) is 7.88. The molecule has 6 heteroatoms. The number of Topliss-reactive ketones (excluding diaryl/α,β-unsaturated/α-hetero) is 1. The fourth-order valence-electron chi connectivity index (χ4n) is 1.93. The molecule has 0 radical (unpaired) electrons. The first-order valence-electron chi connectivity index (χ1n) is 6.44. The summed E-state index contributed by atoms with van der Waals surface area (Å²) in [5.41, 5.74) is -0.518. The highest BCUT2D eigenvalue weighted by Crippen LogP contribution is 2.19. The molecular weight excluding hydrogens is 252 g/mol. The summed E-state index contributed by atoms with van der Waals surface area (Å²) < 4.78 is 28.1. The minimum absolute atomic E-state index is 0.0148. The summed E-state index contributed by atoms with van der Waals surface area (Å²) in [4.78, 5) is 11.7. The number of carbonyl (C=O) groups is 1. The molecule has 1 aliphatic heterocycles. The Morgan fingerprint density at radius 3 is 2.44 bits per heavy atom. The predicted octanol–water partition coefficient (Wildman–Crippen LogP) is 1.31. The van der Waals surface area contributed by atoms with Crippen molar-refractivity contribution in [2.75, 3.05) is 13.1 Å². The van der Waals surface area contributed by atoms with Crippen LogP contribution in [0.2, 0.25) is 0 Å². The summed E-state index contributed by atoms with van der Waals surface area (Å²) in [6.45, 7) is 7.67. The number of carbonyl (C=O) groups excluding carboxylic acids is 1. The average Bonchev–Trinajstić information content (AvgIpc) is 2.25. The number of hydrogen-bond donors (Lipinski definition) is 1. The molecule has 1 saturated heterocycles. The Kier molecular flexibility index (Phi) is 4.91. The molecule has 1 unspecified atom stereocenters. The summed E-state index contributed by atoms with van der Waals surface area (Å²) in [6.07, 6.45) is 2.83. The van der Waals surface area contributed by atoms with Gasteiger partial charge in [-0.2, -0.15) is 17.4 Å². The van der Waals surface area contributed by atoms with E-state index < -0.39 is 15.6 Å². The predicted molar refractivity (Wildman–Crippen MR) is 71.4 cm³/mol. The van der Waals surface area contributed by atoms with Crippen molar-refractivity contribution in [1.82, 2.24) is 9.03 Å². The maximum atomic E-state index is 12.1. The SMILES string of the molecule is CC1CCCCN1S(=O)(=O)NCC(=O)C(C)(C)C. The molecule has 1 atom stereocenters. The van der Waals surface area contributed by atoms with Crippen LogP contribution in [-0.4, -0.2) is 37.6 Å². The largest absolute Gasteiger partial charge is 0.298 e. The van der Waals surface area contributed by atoms with Crippen LogP contribution in [0, 0.1) is 5.41 Å². The minimum Gasteiger partial charge on any atom is -0.298 e. The van der Waals surface area contributed by atoms with Crippen molar-refractivity contribution in [2.24, 2.45) is 5.41 Å². The van der Waals surface area contributed by atoms with Crippen molar-refractivity contribution in [3.8, 4) is 0 Å². The number of nitrogens with one attached hydrogen (secondary N) is 1. The third-order valence-electron chi connectivity index (χ3n) is 3.30. The van der Waals surface area contributed by atoms with Crippen molar-refractivity contribution in [2.45, 2.75) is 53.0 Å². The van der Waals surface area contributed by atoms with Gasteiger partial charge in [-0.1, -0.05) is 27.2 Å². The molecule has 0 aliphatic carbocycles. The lowest BCUT2D eigenvalue weighted by molar-refractivity contribution is -0.125. The Morgan fingerprint density at radius 1 is 1.33 bits per heavy atom. The first-order chi connectivity index (χ1) is 8.14. The Labute approximate surface area is 110 Å². The lowest BCUT2D eigenvalue weighted by Crippen LogP contribution is -2.49. The van der Waals surface area contributed by atoms with E-state index in [0.29, 0.717) is 6.54 Å². The number of piperidine rings is 1. The zero-order chi connectivity index (χ0) is 14.0. The number of hydrogen-bond acceptors (Lipinski definition) is 3. The molecule has 1 aliphatic rings. The Bertz CT molecular complexity index is 398.